The van der Waals surface area contributed by atoms with Gasteiger partial charge in [0.25, 0.3) is 0 Å². The molecule has 6 rings (SSSR count). The molecule has 6 nitrogen and oxygen atoms in total. The maximum absolute atomic E-state index is 13.6. The minimum absolute atomic E-state index is 0.0629. The van der Waals surface area contributed by atoms with Crippen LogP contribution in [0, 0.1) is 0 Å². The van der Waals surface area contributed by atoms with Gasteiger partial charge >= 0.3 is 0 Å². The average molecular weight is 433 g/mol. The van der Waals surface area contributed by atoms with Crippen molar-refractivity contribution in [2.75, 3.05) is 17.3 Å². The van der Waals surface area contributed by atoms with E-state index in [2.05, 4.69) is 26.9 Å². The Morgan fingerprint density at radius 3 is 2.55 bits per heavy atom. The van der Waals surface area contributed by atoms with Gasteiger partial charge in [0, 0.05) is 12.0 Å². The van der Waals surface area contributed by atoms with Gasteiger partial charge < -0.3 is 9.30 Å². The number of fused-ring (bicyclic) bond motifs is 1. The summed E-state index contributed by atoms with van der Waals surface area (Å²) < 4.78 is 8.31. The molecule has 1 atom stereocenters. The van der Waals surface area contributed by atoms with Crippen LogP contribution in [0.1, 0.15) is 55.1 Å². The molecule has 0 spiro atoms. The summed E-state index contributed by atoms with van der Waals surface area (Å²) in [5.41, 5.74) is 1.91. The van der Waals surface area contributed by atoms with E-state index < -0.39 is 0 Å². The van der Waals surface area contributed by atoms with Gasteiger partial charge in [0.1, 0.15) is 18.2 Å². The number of carbonyl (C=O) groups is 1. The smallest absolute Gasteiger partial charge is 0.238 e. The van der Waals surface area contributed by atoms with E-state index in [9.17, 15) is 4.79 Å². The predicted octanol–water partition coefficient (Wildman–Crippen LogP) is 4.75. The summed E-state index contributed by atoms with van der Waals surface area (Å²) in [5, 5.41) is 9.82. The van der Waals surface area contributed by atoms with Gasteiger partial charge in [-0.05, 0) is 43.4 Å². The largest absolute Gasteiger partial charge is 0.489 e. The molecule has 3 aromatic rings. The van der Waals surface area contributed by atoms with Crippen molar-refractivity contribution in [3.63, 3.8) is 0 Å². The van der Waals surface area contributed by atoms with Crippen molar-refractivity contribution in [1.29, 1.82) is 0 Å². The lowest BCUT2D eigenvalue weighted by Crippen LogP contribution is -2.42. The SMILES string of the molecule is O=C(CSc1nnc(C2CC2)n1C1CC1)N1c2ccccc2OC[C@H]1c1ccccc1. The van der Waals surface area contributed by atoms with E-state index in [0.717, 1.165) is 28.0 Å². The molecule has 2 heterocycles. The fourth-order valence-corrected chi connectivity index (χ4v) is 5.17. The van der Waals surface area contributed by atoms with Crippen LogP contribution in [0.15, 0.2) is 59.8 Å². The van der Waals surface area contributed by atoms with Crippen molar-refractivity contribution in [2.45, 2.75) is 48.8 Å². The van der Waals surface area contributed by atoms with Gasteiger partial charge in [-0.15, -0.1) is 10.2 Å². The second-order valence-electron chi connectivity index (χ2n) is 8.47. The zero-order valence-corrected chi connectivity index (χ0v) is 18.0. The summed E-state index contributed by atoms with van der Waals surface area (Å²) in [6.07, 6.45) is 4.79. The van der Waals surface area contributed by atoms with E-state index in [1.807, 2.05) is 47.4 Å². The van der Waals surface area contributed by atoms with Gasteiger partial charge in [-0.2, -0.15) is 0 Å². The highest BCUT2D eigenvalue weighted by Crippen LogP contribution is 2.46. The summed E-state index contributed by atoms with van der Waals surface area (Å²) in [7, 11) is 0. The van der Waals surface area contributed by atoms with E-state index in [1.165, 1.54) is 37.4 Å². The molecule has 1 amide bonds. The van der Waals surface area contributed by atoms with Crippen molar-refractivity contribution in [2.24, 2.45) is 0 Å². The maximum atomic E-state index is 13.6. The van der Waals surface area contributed by atoms with Crippen LogP contribution in [-0.4, -0.2) is 33.0 Å². The molecule has 0 saturated heterocycles. The fourth-order valence-electron chi connectivity index (χ4n) is 4.30. The Morgan fingerprint density at radius 2 is 1.77 bits per heavy atom. The molecule has 0 N–H and O–H groups in total. The number of nitrogens with zero attached hydrogens (tertiary/aromatic N) is 4. The zero-order valence-electron chi connectivity index (χ0n) is 17.2. The number of rotatable bonds is 6. The van der Waals surface area contributed by atoms with Crippen LogP contribution in [0.5, 0.6) is 5.75 Å². The Kier molecular flexibility index (Phi) is 4.71. The Bertz CT molecular complexity index is 1110. The monoisotopic (exact) mass is 432 g/mol. The maximum Gasteiger partial charge on any atom is 0.238 e. The lowest BCUT2D eigenvalue weighted by atomic mass is 10.0. The van der Waals surface area contributed by atoms with Crippen LogP contribution < -0.4 is 9.64 Å². The van der Waals surface area contributed by atoms with E-state index in [-0.39, 0.29) is 11.9 Å². The van der Waals surface area contributed by atoms with Crippen LogP contribution >= 0.6 is 11.8 Å². The number of aromatic nitrogens is 3. The van der Waals surface area contributed by atoms with Crippen molar-refractivity contribution >= 4 is 23.4 Å². The number of anilines is 1. The molecule has 7 heteroatoms. The number of para-hydroxylation sites is 2. The summed E-state index contributed by atoms with van der Waals surface area (Å²) >= 11 is 1.51. The summed E-state index contributed by atoms with van der Waals surface area (Å²) in [4.78, 5) is 15.5. The van der Waals surface area contributed by atoms with Crippen molar-refractivity contribution < 1.29 is 9.53 Å². The summed E-state index contributed by atoms with van der Waals surface area (Å²) in [6.45, 7) is 0.446. The highest BCUT2D eigenvalue weighted by molar-refractivity contribution is 7.99. The molecule has 1 aliphatic heterocycles. The van der Waals surface area contributed by atoms with E-state index in [0.29, 0.717) is 24.3 Å². The number of carbonyl (C=O) groups excluding carboxylic acids is 1. The topological polar surface area (TPSA) is 60.2 Å². The third kappa shape index (κ3) is 3.61. The lowest BCUT2D eigenvalue weighted by molar-refractivity contribution is -0.117. The molecular formula is C24H24N4O2S. The van der Waals surface area contributed by atoms with Crippen molar-refractivity contribution in [1.82, 2.24) is 14.8 Å². The molecule has 2 fully saturated rings. The number of hydrogen-bond acceptors (Lipinski definition) is 5. The standard InChI is InChI=1S/C24H24N4O2S/c29-22(15-31-24-26-25-23(17-10-11-17)27(24)18-12-13-18)28-19-8-4-5-9-21(19)30-14-20(28)16-6-2-1-3-7-16/h1-9,17-18,20H,10-15H2/t20-/m0/s1. The van der Waals surface area contributed by atoms with E-state index in [1.54, 1.807) is 0 Å². The van der Waals surface area contributed by atoms with Gasteiger partial charge in [-0.3, -0.25) is 9.69 Å². The second kappa shape index (κ2) is 7.71. The highest BCUT2D eigenvalue weighted by Gasteiger charge is 2.37. The number of thioether (sulfide) groups is 1. The van der Waals surface area contributed by atoms with E-state index in [4.69, 9.17) is 4.74 Å². The number of amides is 1. The Hall–Kier alpha value is -2.80. The lowest BCUT2D eigenvalue weighted by Gasteiger charge is -2.37. The number of ether oxygens (including phenoxy) is 1. The van der Waals surface area contributed by atoms with Gasteiger partial charge in [0.2, 0.25) is 5.91 Å². The molecule has 158 valence electrons. The van der Waals surface area contributed by atoms with Gasteiger partial charge in [0.15, 0.2) is 5.16 Å². The minimum Gasteiger partial charge on any atom is -0.489 e. The molecular weight excluding hydrogens is 408 g/mol. The number of hydrogen-bond donors (Lipinski definition) is 0. The molecule has 1 aromatic heterocycles. The second-order valence-corrected chi connectivity index (χ2v) is 9.42. The summed E-state index contributed by atoms with van der Waals surface area (Å²) in [5.74, 6) is 2.83. The van der Waals surface area contributed by atoms with E-state index >= 15 is 0 Å². The first-order valence-electron chi connectivity index (χ1n) is 11.0. The van der Waals surface area contributed by atoms with Crippen LogP contribution in [0.2, 0.25) is 0 Å². The Morgan fingerprint density at radius 1 is 1.00 bits per heavy atom. The number of benzene rings is 2. The first-order valence-corrected chi connectivity index (χ1v) is 11.9. The molecule has 0 unspecified atom stereocenters. The molecule has 3 aliphatic rings. The normalized spacial score (nSPS) is 20.3. The third-order valence-corrected chi connectivity index (χ3v) is 7.08. The summed E-state index contributed by atoms with van der Waals surface area (Å²) in [6, 6.07) is 18.3. The molecule has 0 bridgehead atoms. The fraction of sp³-hybridized carbons (Fsp3) is 0.375. The van der Waals surface area contributed by atoms with Crippen LogP contribution in [0.4, 0.5) is 5.69 Å². The van der Waals surface area contributed by atoms with Crippen LogP contribution in [0.25, 0.3) is 0 Å². The highest BCUT2D eigenvalue weighted by atomic mass is 32.2. The quantitative estimate of drug-likeness (QED) is 0.526. The van der Waals surface area contributed by atoms with Crippen LogP contribution in [-0.2, 0) is 4.79 Å². The minimum atomic E-state index is -0.146. The van der Waals surface area contributed by atoms with Crippen LogP contribution in [0.3, 0.4) is 0 Å². The van der Waals surface area contributed by atoms with Gasteiger partial charge in [-0.1, -0.05) is 54.2 Å². The molecule has 2 saturated carbocycles. The molecule has 2 aliphatic carbocycles. The zero-order chi connectivity index (χ0) is 20.8. The van der Waals surface area contributed by atoms with Crippen molar-refractivity contribution in [3.05, 3.63) is 66.0 Å². The first-order chi connectivity index (χ1) is 15.3. The van der Waals surface area contributed by atoms with Gasteiger partial charge in [-0.25, -0.2) is 0 Å². The average Bonchev–Trinajstić information content (AvgIpc) is 3.76. The third-order valence-electron chi connectivity index (χ3n) is 6.16. The molecule has 2 aromatic carbocycles. The van der Waals surface area contributed by atoms with Crippen molar-refractivity contribution in [3.8, 4) is 5.75 Å². The molecule has 0 radical (unpaired) electrons. The van der Waals surface area contributed by atoms with Gasteiger partial charge in [0.05, 0.1) is 17.5 Å². The Balaban J connectivity index is 1.27. The predicted molar refractivity (Wildman–Crippen MR) is 120 cm³/mol. The molecule has 31 heavy (non-hydrogen) atoms. The first kappa shape index (κ1) is 18.9. The Labute approximate surface area is 185 Å².